The lowest BCUT2D eigenvalue weighted by molar-refractivity contribution is 0.219. The second-order valence-corrected chi connectivity index (χ2v) is 5.58. The van der Waals surface area contributed by atoms with E-state index >= 15 is 0 Å². The summed E-state index contributed by atoms with van der Waals surface area (Å²) >= 11 is 3.23. The number of aliphatic hydroxyl groups is 1. The molecule has 0 radical (unpaired) electrons. The molecule has 0 bridgehead atoms. The zero-order valence-corrected chi connectivity index (χ0v) is 12.6. The maximum absolute atomic E-state index is 13.1. The third-order valence-corrected chi connectivity index (χ3v) is 4.08. The van der Waals surface area contributed by atoms with Crippen molar-refractivity contribution < 1.29 is 13.9 Å². The van der Waals surface area contributed by atoms with E-state index in [2.05, 4.69) is 15.9 Å². The van der Waals surface area contributed by atoms with E-state index in [1.54, 1.807) is 25.2 Å². The molecule has 1 unspecified atom stereocenters. The number of hydrogen-bond donors (Lipinski definition) is 1. The van der Waals surface area contributed by atoms with E-state index in [0.717, 1.165) is 0 Å². The van der Waals surface area contributed by atoms with E-state index in [-0.39, 0.29) is 5.82 Å². The first kappa shape index (κ1) is 14.0. The average Bonchev–Trinajstić information content (AvgIpc) is 2.73. The summed E-state index contributed by atoms with van der Waals surface area (Å²) in [4.78, 5) is 11.5. The van der Waals surface area contributed by atoms with Gasteiger partial charge in [0.15, 0.2) is 5.58 Å². The molecule has 1 N–H and O–H groups in total. The Morgan fingerprint density at radius 2 is 2.05 bits per heavy atom. The van der Waals surface area contributed by atoms with Gasteiger partial charge in [-0.2, -0.15) is 0 Å². The molecule has 1 atom stereocenters. The highest BCUT2D eigenvalue weighted by molar-refractivity contribution is 9.10. The van der Waals surface area contributed by atoms with Gasteiger partial charge in [-0.15, -0.1) is 0 Å². The standard InChI is InChI=1S/C15H11BrFNO3/c1-18-12-5-2-8(6-13(12)21-15(18)20)14(19)10-4-3-9(17)7-11(10)16/h2-7,14,19H,1H3. The highest BCUT2D eigenvalue weighted by Crippen LogP contribution is 2.30. The second-order valence-electron chi connectivity index (χ2n) is 4.72. The number of aliphatic hydroxyl groups excluding tert-OH is 1. The third kappa shape index (κ3) is 2.41. The Hall–Kier alpha value is -1.92. The molecular formula is C15H11BrFNO3. The summed E-state index contributed by atoms with van der Waals surface area (Å²) in [6.07, 6.45) is -0.949. The fourth-order valence-corrected chi connectivity index (χ4v) is 2.79. The number of oxazole rings is 1. The van der Waals surface area contributed by atoms with Crippen molar-refractivity contribution >= 4 is 27.0 Å². The largest absolute Gasteiger partial charge is 0.419 e. The number of fused-ring (bicyclic) bond motifs is 1. The second kappa shape index (κ2) is 5.13. The highest BCUT2D eigenvalue weighted by Gasteiger charge is 2.16. The first-order valence-electron chi connectivity index (χ1n) is 6.20. The number of halogens is 2. The fourth-order valence-electron chi connectivity index (χ4n) is 2.22. The van der Waals surface area contributed by atoms with Crippen LogP contribution in [0.4, 0.5) is 4.39 Å². The molecule has 4 nitrogen and oxygen atoms in total. The third-order valence-electron chi connectivity index (χ3n) is 3.39. The summed E-state index contributed by atoms with van der Waals surface area (Å²) in [6.45, 7) is 0. The Morgan fingerprint density at radius 3 is 2.76 bits per heavy atom. The quantitative estimate of drug-likeness (QED) is 0.771. The number of nitrogens with zero attached hydrogens (tertiary/aromatic N) is 1. The van der Waals surface area contributed by atoms with Crippen LogP contribution in [0.25, 0.3) is 11.1 Å². The van der Waals surface area contributed by atoms with Gasteiger partial charge in [-0.25, -0.2) is 9.18 Å². The van der Waals surface area contributed by atoms with Gasteiger partial charge >= 0.3 is 5.76 Å². The van der Waals surface area contributed by atoms with Crippen molar-refractivity contribution in [3.05, 3.63) is 68.4 Å². The molecule has 2 aromatic carbocycles. The summed E-state index contributed by atoms with van der Waals surface area (Å²) in [5.74, 6) is -0.845. The SMILES string of the molecule is Cn1c(=O)oc2cc(C(O)c3ccc(F)cc3Br)ccc21. The maximum atomic E-state index is 13.1. The lowest BCUT2D eigenvalue weighted by Crippen LogP contribution is -2.08. The Balaban J connectivity index is 2.09. The molecule has 0 saturated heterocycles. The van der Waals surface area contributed by atoms with E-state index in [4.69, 9.17) is 4.42 Å². The van der Waals surface area contributed by atoms with Crippen LogP contribution >= 0.6 is 15.9 Å². The fraction of sp³-hybridized carbons (Fsp3) is 0.133. The molecule has 0 spiro atoms. The van der Waals surface area contributed by atoms with E-state index in [9.17, 15) is 14.3 Å². The topological polar surface area (TPSA) is 55.4 Å². The average molecular weight is 352 g/mol. The Morgan fingerprint density at radius 1 is 1.29 bits per heavy atom. The number of aryl methyl sites for hydroxylation is 1. The van der Waals surface area contributed by atoms with Gasteiger partial charge in [0.2, 0.25) is 0 Å². The molecule has 0 saturated carbocycles. The molecule has 1 aromatic heterocycles. The first-order chi connectivity index (χ1) is 9.97. The molecule has 3 rings (SSSR count). The van der Waals surface area contributed by atoms with Crippen LogP contribution < -0.4 is 5.76 Å². The normalized spacial score (nSPS) is 12.8. The molecule has 0 aliphatic carbocycles. The predicted molar refractivity (Wildman–Crippen MR) is 79.6 cm³/mol. The summed E-state index contributed by atoms with van der Waals surface area (Å²) in [7, 11) is 1.61. The summed E-state index contributed by atoms with van der Waals surface area (Å²) in [6, 6.07) is 9.10. The lowest BCUT2D eigenvalue weighted by atomic mass is 10.0. The minimum atomic E-state index is -0.949. The minimum absolute atomic E-state index is 0.387. The molecule has 21 heavy (non-hydrogen) atoms. The number of hydrogen-bond acceptors (Lipinski definition) is 3. The van der Waals surface area contributed by atoms with Crippen molar-refractivity contribution in [3.63, 3.8) is 0 Å². The van der Waals surface area contributed by atoms with Crippen molar-refractivity contribution in [3.8, 4) is 0 Å². The molecule has 0 aliphatic rings. The molecule has 108 valence electrons. The molecular weight excluding hydrogens is 341 g/mol. The monoisotopic (exact) mass is 351 g/mol. The van der Waals surface area contributed by atoms with Gasteiger partial charge in [-0.05, 0) is 35.4 Å². The van der Waals surface area contributed by atoms with E-state index in [1.165, 1.54) is 22.8 Å². The summed E-state index contributed by atoms with van der Waals surface area (Å²) in [5, 5.41) is 10.4. The van der Waals surface area contributed by atoms with Gasteiger partial charge in [0.25, 0.3) is 0 Å². The van der Waals surface area contributed by atoms with Crippen LogP contribution in [0.5, 0.6) is 0 Å². The van der Waals surface area contributed by atoms with Crippen molar-refractivity contribution in [1.29, 1.82) is 0 Å². The van der Waals surface area contributed by atoms with Crippen molar-refractivity contribution in [2.24, 2.45) is 7.05 Å². The molecule has 0 aliphatic heterocycles. The Labute approximate surface area is 127 Å². The van der Waals surface area contributed by atoms with Crippen molar-refractivity contribution in [2.45, 2.75) is 6.10 Å². The zero-order valence-electron chi connectivity index (χ0n) is 11.0. The van der Waals surface area contributed by atoms with Crippen LogP contribution in [0.3, 0.4) is 0 Å². The number of benzene rings is 2. The van der Waals surface area contributed by atoms with Crippen LogP contribution in [0.15, 0.2) is 50.1 Å². The number of rotatable bonds is 2. The van der Waals surface area contributed by atoms with Crippen molar-refractivity contribution in [2.75, 3.05) is 0 Å². The van der Waals surface area contributed by atoms with Crippen LogP contribution in [-0.2, 0) is 7.05 Å². The Bertz CT molecular complexity index is 884. The molecule has 6 heteroatoms. The van der Waals surface area contributed by atoms with Gasteiger partial charge in [-0.1, -0.05) is 28.1 Å². The van der Waals surface area contributed by atoms with E-state index in [0.29, 0.717) is 26.7 Å². The van der Waals surface area contributed by atoms with Crippen LogP contribution in [0.2, 0.25) is 0 Å². The van der Waals surface area contributed by atoms with E-state index in [1.807, 2.05) is 0 Å². The van der Waals surface area contributed by atoms with Gasteiger partial charge in [-0.3, -0.25) is 4.57 Å². The maximum Gasteiger partial charge on any atom is 0.419 e. The van der Waals surface area contributed by atoms with Gasteiger partial charge in [0.1, 0.15) is 11.9 Å². The van der Waals surface area contributed by atoms with Gasteiger partial charge in [0.05, 0.1) is 5.52 Å². The summed E-state index contributed by atoms with van der Waals surface area (Å²) < 4.78 is 20.1. The smallest absolute Gasteiger partial charge is 0.408 e. The summed E-state index contributed by atoms with van der Waals surface area (Å²) in [5.41, 5.74) is 2.14. The molecule has 0 fully saturated rings. The molecule has 0 amide bonds. The van der Waals surface area contributed by atoms with E-state index < -0.39 is 11.9 Å². The molecule has 3 aromatic rings. The molecule has 1 heterocycles. The predicted octanol–water partition coefficient (Wildman–Crippen LogP) is 3.11. The van der Waals surface area contributed by atoms with Crippen molar-refractivity contribution in [1.82, 2.24) is 4.57 Å². The van der Waals surface area contributed by atoms with Gasteiger partial charge in [0, 0.05) is 11.5 Å². The zero-order chi connectivity index (χ0) is 15.1. The first-order valence-corrected chi connectivity index (χ1v) is 6.99. The Kier molecular flexibility index (Phi) is 3.43. The van der Waals surface area contributed by atoms with Crippen LogP contribution in [0, 0.1) is 5.82 Å². The minimum Gasteiger partial charge on any atom is -0.408 e. The highest BCUT2D eigenvalue weighted by atomic mass is 79.9. The van der Waals surface area contributed by atoms with Crippen LogP contribution in [-0.4, -0.2) is 9.67 Å². The van der Waals surface area contributed by atoms with Crippen LogP contribution in [0.1, 0.15) is 17.2 Å². The lowest BCUT2D eigenvalue weighted by Gasteiger charge is -2.13. The van der Waals surface area contributed by atoms with Gasteiger partial charge < -0.3 is 9.52 Å². The number of aromatic nitrogens is 1.